The van der Waals surface area contributed by atoms with E-state index < -0.39 is 0 Å². The Morgan fingerprint density at radius 2 is 2.44 bits per heavy atom. The van der Waals surface area contributed by atoms with Gasteiger partial charge in [-0.3, -0.25) is 4.79 Å². The summed E-state index contributed by atoms with van der Waals surface area (Å²) in [6.07, 6.45) is 2.18. The molecule has 0 spiro atoms. The number of nitrogens with zero attached hydrogens (tertiary/aromatic N) is 3. The van der Waals surface area contributed by atoms with Gasteiger partial charge in [0.1, 0.15) is 0 Å². The third-order valence-corrected chi connectivity index (χ3v) is 3.62. The lowest BCUT2D eigenvalue weighted by Crippen LogP contribution is -2.33. The van der Waals surface area contributed by atoms with Crippen molar-refractivity contribution in [1.29, 1.82) is 0 Å². The van der Waals surface area contributed by atoms with E-state index in [0.29, 0.717) is 11.0 Å². The van der Waals surface area contributed by atoms with Gasteiger partial charge in [-0.25, -0.2) is 0 Å². The Labute approximate surface area is 98.9 Å². The fraction of sp³-hybridized carbons (Fsp3) is 0.700. The predicted octanol–water partition coefficient (Wildman–Crippen LogP) is 1.59. The molecule has 0 saturated carbocycles. The van der Waals surface area contributed by atoms with Crippen LogP contribution in [0.2, 0.25) is 0 Å². The van der Waals surface area contributed by atoms with Crippen LogP contribution < -0.4 is 5.32 Å². The molecule has 1 N–H and O–H groups in total. The van der Waals surface area contributed by atoms with Crippen molar-refractivity contribution in [1.82, 2.24) is 15.1 Å². The molecule has 1 amide bonds. The molecule has 6 heteroatoms. The van der Waals surface area contributed by atoms with E-state index in [9.17, 15) is 4.79 Å². The third-order valence-electron chi connectivity index (χ3n) is 2.75. The summed E-state index contributed by atoms with van der Waals surface area (Å²) in [6.45, 7) is 5.71. The highest BCUT2D eigenvalue weighted by molar-refractivity contribution is 7.17. The summed E-state index contributed by atoms with van der Waals surface area (Å²) in [5.41, 5.74) is 0. The summed E-state index contributed by atoms with van der Waals surface area (Å²) < 4.78 is 0. The fourth-order valence-electron chi connectivity index (χ4n) is 1.89. The van der Waals surface area contributed by atoms with Crippen LogP contribution in [-0.2, 0) is 0 Å². The second kappa shape index (κ2) is 4.78. The Kier molecular flexibility index (Phi) is 3.38. The van der Waals surface area contributed by atoms with E-state index in [1.54, 1.807) is 0 Å². The number of hydrogen-bond donors (Lipinski definition) is 1. The Hall–Kier alpha value is -1.17. The zero-order valence-corrected chi connectivity index (χ0v) is 10.4. The average Bonchev–Trinajstić information content (AvgIpc) is 2.87. The first-order valence-corrected chi connectivity index (χ1v) is 6.42. The van der Waals surface area contributed by atoms with Crippen molar-refractivity contribution < 1.29 is 4.79 Å². The molecule has 0 aliphatic carbocycles. The summed E-state index contributed by atoms with van der Waals surface area (Å²) in [4.78, 5) is 14.0. The van der Waals surface area contributed by atoms with E-state index in [1.165, 1.54) is 11.3 Å². The summed E-state index contributed by atoms with van der Waals surface area (Å²) in [5.74, 6) is 0.0200. The van der Waals surface area contributed by atoms with Crippen LogP contribution in [0.4, 0.5) is 5.13 Å². The molecule has 1 atom stereocenters. The van der Waals surface area contributed by atoms with Gasteiger partial charge in [-0.1, -0.05) is 11.3 Å². The summed E-state index contributed by atoms with van der Waals surface area (Å²) in [5, 5.41) is 12.1. The van der Waals surface area contributed by atoms with Gasteiger partial charge < -0.3 is 10.2 Å². The normalized spacial score (nSPS) is 20.1. The minimum atomic E-state index is 0.0200. The van der Waals surface area contributed by atoms with Crippen LogP contribution in [-0.4, -0.2) is 40.1 Å². The van der Waals surface area contributed by atoms with E-state index in [0.717, 1.165) is 31.1 Å². The van der Waals surface area contributed by atoms with Crippen LogP contribution >= 0.6 is 11.3 Å². The number of anilines is 1. The van der Waals surface area contributed by atoms with Crippen LogP contribution in [0, 0.1) is 0 Å². The van der Waals surface area contributed by atoms with Crippen molar-refractivity contribution in [3.63, 3.8) is 0 Å². The van der Waals surface area contributed by atoms with Gasteiger partial charge in [-0.05, 0) is 26.7 Å². The van der Waals surface area contributed by atoms with Gasteiger partial charge in [-0.2, -0.15) is 0 Å². The molecule has 1 aromatic heterocycles. The van der Waals surface area contributed by atoms with Crippen LogP contribution in [0.1, 0.15) is 36.5 Å². The van der Waals surface area contributed by atoms with Crippen LogP contribution in [0.3, 0.4) is 0 Å². The maximum Gasteiger partial charge on any atom is 0.285 e. The van der Waals surface area contributed by atoms with Crippen molar-refractivity contribution in [2.75, 3.05) is 18.4 Å². The molecular formula is C10H16N4OS. The van der Waals surface area contributed by atoms with Gasteiger partial charge in [0, 0.05) is 19.1 Å². The molecule has 16 heavy (non-hydrogen) atoms. The second-order valence-electron chi connectivity index (χ2n) is 3.93. The molecule has 2 heterocycles. The number of nitrogens with one attached hydrogen (secondary N) is 1. The van der Waals surface area contributed by atoms with Crippen LogP contribution in [0.15, 0.2) is 0 Å². The number of rotatable bonds is 3. The number of carbonyl (C=O) groups is 1. The lowest BCUT2D eigenvalue weighted by molar-refractivity contribution is 0.0746. The molecule has 1 saturated heterocycles. The van der Waals surface area contributed by atoms with Crippen molar-refractivity contribution in [2.45, 2.75) is 32.7 Å². The standard InChI is InChI=1S/C10H16N4OS/c1-3-11-10-13-12-8(16-10)9(15)14-6-4-5-7(14)2/h7H,3-6H2,1-2H3,(H,11,13). The van der Waals surface area contributed by atoms with Crippen LogP contribution in [0.5, 0.6) is 0 Å². The molecule has 5 nitrogen and oxygen atoms in total. The first-order chi connectivity index (χ1) is 7.72. The third kappa shape index (κ3) is 2.16. The minimum Gasteiger partial charge on any atom is -0.360 e. The monoisotopic (exact) mass is 240 g/mol. The van der Waals surface area contributed by atoms with E-state index in [4.69, 9.17) is 0 Å². The SMILES string of the molecule is CCNc1nnc(C(=O)N2CCCC2C)s1. The number of amides is 1. The van der Waals surface area contributed by atoms with E-state index in [-0.39, 0.29) is 5.91 Å². The Balaban J connectivity index is 2.08. The largest absolute Gasteiger partial charge is 0.360 e. The zero-order chi connectivity index (χ0) is 11.5. The fourth-order valence-corrected chi connectivity index (χ4v) is 2.66. The highest BCUT2D eigenvalue weighted by Gasteiger charge is 2.28. The highest BCUT2D eigenvalue weighted by Crippen LogP contribution is 2.22. The molecule has 88 valence electrons. The molecule has 1 aliphatic heterocycles. The van der Waals surface area contributed by atoms with Crippen molar-refractivity contribution in [3.05, 3.63) is 5.01 Å². The van der Waals surface area contributed by atoms with E-state index >= 15 is 0 Å². The van der Waals surface area contributed by atoms with E-state index in [2.05, 4.69) is 22.4 Å². The number of hydrogen-bond acceptors (Lipinski definition) is 5. The number of carbonyl (C=O) groups excluding carboxylic acids is 1. The molecular weight excluding hydrogens is 224 g/mol. The average molecular weight is 240 g/mol. The summed E-state index contributed by atoms with van der Waals surface area (Å²) in [6, 6.07) is 0.332. The smallest absolute Gasteiger partial charge is 0.285 e. The Morgan fingerprint density at radius 3 is 3.06 bits per heavy atom. The molecule has 1 aromatic rings. The molecule has 0 bridgehead atoms. The summed E-state index contributed by atoms with van der Waals surface area (Å²) >= 11 is 1.33. The van der Waals surface area contributed by atoms with Gasteiger partial charge in [0.15, 0.2) is 0 Å². The quantitative estimate of drug-likeness (QED) is 0.871. The maximum absolute atomic E-state index is 12.1. The molecule has 2 rings (SSSR count). The van der Waals surface area contributed by atoms with Gasteiger partial charge in [0.05, 0.1) is 0 Å². The van der Waals surface area contributed by atoms with Gasteiger partial charge >= 0.3 is 0 Å². The molecule has 0 radical (unpaired) electrons. The molecule has 1 aliphatic rings. The van der Waals surface area contributed by atoms with Gasteiger partial charge in [0.25, 0.3) is 5.91 Å². The second-order valence-corrected chi connectivity index (χ2v) is 4.91. The Morgan fingerprint density at radius 1 is 1.62 bits per heavy atom. The van der Waals surface area contributed by atoms with Crippen LogP contribution in [0.25, 0.3) is 0 Å². The highest BCUT2D eigenvalue weighted by atomic mass is 32.1. The maximum atomic E-state index is 12.1. The minimum absolute atomic E-state index is 0.0200. The molecule has 1 fully saturated rings. The number of likely N-dealkylation sites (tertiary alicyclic amines) is 1. The first kappa shape index (κ1) is 11.3. The van der Waals surface area contributed by atoms with Gasteiger partial charge in [0.2, 0.25) is 10.1 Å². The lowest BCUT2D eigenvalue weighted by Gasteiger charge is -2.19. The summed E-state index contributed by atoms with van der Waals surface area (Å²) in [7, 11) is 0. The van der Waals surface area contributed by atoms with E-state index in [1.807, 2.05) is 11.8 Å². The first-order valence-electron chi connectivity index (χ1n) is 5.60. The molecule has 1 unspecified atom stereocenters. The molecule has 0 aromatic carbocycles. The van der Waals surface area contributed by atoms with Crippen molar-refractivity contribution >= 4 is 22.4 Å². The Bertz CT molecular complexity index is 379. The van der Waals surface area contributed by atoms with Crippen molar-refractivity contribution in [2.24, 2.45) is 0 Å². The number of aromatic nitrogens is 2. The zero-order valence-electron chi connectivity index (χ0n) is 9.56. The van der Waals surface area contributed by atoms with Crippen molar-refractivity contribution in [3.8, 4) is 0 Å². The van der Waals surface area contributed by atoms with Gasteiger partial charge in [-0.15, -0.1) is 10.2 Å². The predicted molar refractivity (Wildman–Crippen MR) is 63.8 cm³/mol. The topological polar surface area (TPSA) is 58.1 Å². The lowest BCUT2D eigenvalue weighted by atomic mass is 10.2.